The third kappa shape index (κ3) is 5.09. The third-order valence-electron chi connectivity index (χ3n) is 4.77. The van der Waals surface area contributed by atoms with Gasteiger partial charge in [-0.2, -0.15) is 0 Å². The molecule has 0 aliphatic rings. The molecule has 2 heterocycles. The summed E-state index contributed by atoms with van der Waals surface area (Å²) in [5, 5.41) is 9.77. The van der Waals surface area contributed by atoms with E-state index >= 15 is 0 Å². The van der Waals surface area contributed by atoms with Crippen LogP contribution >= 0.6 is 23.4 Å². The van der Waals surface area contributed by atoms with Crippen molar-refractivity contribution in [2.45, 2.75) is 31.3 Å². The zero-order valence-electron chi connectivity index (χ0n) is 18.2. The number of hydrogen-bond donors (Lipinski definition) is 0. The van der Waals surface area contributed by atoms with E-state index in [1.165, 1.54) is 18.9 Å². The maximum absolute atomic E-state index is 13.2. The second-order valence-electron chi connectivity index (χ2n) is 7.72. The molecule has 0 radical (unpaired) electrons. The Morgan fingerprint density at radius 3 is 2.64 bits per heavy atom. The molecule has 8 nitrogen and oxygen atoms in total. The zero-order chi connectivity index (χ0) is 23.5. The van der Waals surface area contributed by atoms with E-state index in [0.717, 1.165) is 5.56 Å². The van der Waals surface area contributed by atoms with Gasteiger partial charge in [0.25, 0.3) is 5.56 Å². The summed E-state index contributed by atoms with van der Waals surface area (Å²) in [7, 11) is 1.31. The summed E-state index contributed by atoms with van der Waals surface area (Å²) in [6.45, 7) is 4.56. The van der Waals surface area contributed by atoms with Crippen LogP contribution < -0.4 is 5.56 Å². The molecule has 0 N–H and O–H groups in total. The Balaban J connectivity index is 1.66. The number of nitrogens with zero attached hydrogens (tertiary/aromatic N) is 4. The number of benzene rings is 2. The molecule has 33 heavy (non-hydrogen) atoms. The lowest BCUT2D eigenvalue weighted by molar-refractivity contribution is 0.0601. The van der Waals surface area contributed by atoms with Gasteiger partial charge < -0.3 is 9.15 Å². The van der Waals surface area contributed by atoms with Gasteiger partial charge in [0.05, 0.1) is 29.3 Å². The molecular formula is C23H21ClN4O4S. The first-order chi connectivity index (χ1) is 15.9. The summed E-state index contributed by atoms with van der Waals surface area (Å²) in [5.74, 6) is 0.859. The maximum Gasteiger partial charge on any atom is 0.337 e. The molecule has 0 saturated heterocycles. The summed E-state index contributed by atoms with van der Waals surface area (Å²) in [6.07, 6.45) is 0. The van der Waals surface area contributed by atoms with Crippen molar-refractivity contribution in [3.8, 4) is 11.5 Å². The number of carbonyl (C=O) groups is 1. The molecule has 2 aromatic carbocycles. The molecular weight excluding hydrogens is 464 g/mol. The normalized spacial score (nSPS) is 11.3. The predicted molar refractivity (Wildman–Crippen MR) is 126 cm³/mol. The van der Waals surface area contributed by atoms with Crippen LogP contribution in [0.5, 0.6) is 0 Å². The fourth-order valence-corrected chi connectivity index (χ4v) is 4.20. The van der Waals surface area contributed by atoms with Gasteiger partial charge in [0, 0.05) is 17.1 Å². The lowest BCUT2D eigenvalue weighted by atomic mass is 10.1. The molecule has 10 heteroatoms. The van der Waals surface area contributed by atoms with Crippen LogP contribution in [-0.4, -0.2) is 32.8 Å². The Morgan fingerprint density at radius 1 is 1.18 bits per heavy atom. The molecule has 0 bridgehead atoms. The molecule has 0 unspecified atom stereocenters. The minimum absolute atomic E-state index is 0.167. The second kappa shape index (κ2) is 9.76. The number of ether oxygens (including phenoxy) is 1. The SMILES string of the molecule is COC(=O)c1ccc2c(=O)n(CC(C)C)c(SCc3nnc(-c4ccc(Cl)cc4)o3)nc2c1. The lowest BCUT2D eigenvalue weighted by Gasteiger charge is -2.14. The molecule has 4 aromatic rings. The lowest BCUT2D eigenvalue weighted by Crippen LogP contribution is -2.25. The summed E-state index contributed by atoms with van der Waals surface area (Å²) in [5.41, 5.74) is 1.36. The number of esters is 1. The molecule has 0 aliphatic heterocycles. The summed E-state index contributed by atoms with van der Waals surface area (Å²) in [4.78, 5) is 29.8. The minimum Gasteiger partial charge on any atom is -0.465 e. The highest BCUT2D eigenvalue weighted by atomic mass is 35.5. The average molecular weight is 485 g/mol. The molecule has 0 atom stereocenters. The van der Waals surface area contributed by atoms with E-state index in [1.54, 1.807) is 47.0 Å². The first-order valence-corrected chi connectivity index (χ1v) is 11.6. The minimum atomic E-state index is -0.486. The van der Waals surface area contributed by atoms with Gasteiger partial charge in [-0.05, 0) is 48.4 Å². The van der Waals surface area contributed by atoms with Gasteiger partial charge in [0.15, 0.2) is 5.16 Å². The number of rotatable bonds is 7. The largest absolute Gasteiger partial charge is 0.465 e. The Labute approximate surface area is 198 Å². The Hall–Kier alpha value is -3.17. The molecule has 0 aliphatic carbocycles. The number of thioether (sulfide) groups is 1. The van der Waals surface area contributed by atoms with E-state index in [9.17, 15) is 9.59 Å². The zero-order valence-corrected chi connectivity index (χ0v) is 19.8. The van der Waals surface area contributed by atoms with Crippen molar-refractivity contribution in [1.29, 1.82) is 0 Å². The van der Waals surface area contributed by atoms with Crippen LogP contribution in [0.15, 0.2) is 56.8 Å². The van der Waals surface area contributed by atoms with Crippen molar-refractivity contribution in [1.82, 2.24) is 19.7 Å². The number of hydrogen-bond acceptors (Lipinski definition) is 8. The second-order valence-corrected chi connectivity index (χ2v) is 9.10. The van der Waals surface area contributed by atoms with E-state index in [0.29, 0.717) is 50.7 Å². The Bertz CT molecular complexity index is 1370. The van der Waals surface area contributed by atoms with Crippen molar-refractivity contribution in [2.24, 2.45) is 5.92 Å². The summed E-state index contributed by atoms with van der Waals surface area (Å²) < 4.78 is 12.2. The van der Waals surface area contributed by atoms with Gasteiger partial charge in [0.2, 0.25) is 11.8 Å². The molecule has 4 rings (SSSR count). The quantitative estimate of drug-likeness (QED) is 0.209. The highest BCUT2D eigenvalue weighted by Crippen LogP contribution is 2.26. The molecule has 170 valence electrons. The van der Waals surface area contributed by atoms with Crippen molar-refractivity contribution in [3.05, 3.63) is 69.3 Å². The van der Waals surface area contributed by atoms with Crippen LogP contribution in [0.4, 0.5) is 0 Å². The van der Waals surface area contributed by atoms with Crippen molar-refractivity contribution in [2.75, 3.05) is 7.11 Å². The van der Waals surface area contributed by atoms with E-state index in [2.05, 4.69) is 15.2 Å². The number of fused-ring (bicyclic) bond motifs is 1. The van der Waals surface area contributed by atoms with Crippen molar-refractivity contribution < 1.29 is 13.9 Å². The summed E-state index contributed by atoms with van der Waals surface area (Å²) in [6, 6.07) is 11.9. The van der Waals surface area contributed by atoms with Gasteiger partial charge in [-0.3, -0.25) is 9.36 Å². The van der Waals surface area contributed by atoms with E-state index in [4.69, 9.17) is 20.8 Å². The molecule has 2 aromatic heterocycles. The number of aromatic nitrogens is 4. The van der Waals surface area contributed by atoms with Crippen LogP contribution in [0.2, 0.25) is 5.02 Å². The molecule has 0 fully saturated rings. The van der Waals surface area contributed by atoms with Crippen LogP contribution in [0.25, 0.3) is 22.4 Å². The van der Waals surface area contributed by atoms with Crippen LogP contribution in [0.1, 0.15) is 30.1 Å². The molecule has 0 amide bonds. The first kappa shape index (κ1) is 23.0. The topological polar surface area (TPSA) is 100 Å². The highest BCUT2D eigenvalue weighted by molar-refractivity contribution is 7.98. The van der Waals surface area contributed by atoms with Crippen molar-refractivity contribution >= 4 is 40.2 Å². The number of halogens is 1. The van der Waals surface area contributed by atoms with E-state index in [-0.39, 0.29) is 11.5 Å². The maximum atomic E-state index is 13.2. The Kier molecular flexibility index (Phi) is 6.80. The van der Waals surface area contributed by atoms with Gasteiger partial charge in [-0.1, -0.05) is 37.2 Å². The fraction of sp³-hybridized carbons (Fsp3) is 0.261. The highest BCUT2D eigenvalue weighted by Gasteiger charge is 2.17. The number of carbonyl (C=O) groups excluding carboxylic acids is 1. The average Bonchev–Trinajstić information content (AvgIpc) is 3.28. The number of methoxy groups -OCH3 is 1. The van der Waals surface area contributed by atoms with Crippen LogP contribution in [0, 0.1) is 5.92 Å². The predicted octanol–water partition coefficient (Wildman–Crippen LogP) is 4.83. The Morgan fingerprint density at radius 2 is 1.94 bits per heavy atom. The first-order valence-electron chi connectivity index (χ1n) is 10.2. The van der Waals surface area contributed by atoms with Crippen molar-refractivity contribution in [3.63, 3.8) is 0 Å². The van der Waals surface area contributed by atoms with Gasteiger partial charge in [0.1, 0.15) is 0 Å². The van der Waals surface area contributed by atoms with Gasteiger partial charge in [-0.25, -0.2) is 9.78 Å². The van der Waals surface area contributed by atoms with E-state index < -0.39 is 5.97 Å². The molecule has 0 spiro atoms. The van der Waals surface area contributed by atoms with E-state index in [1.807, 2.05) is 13.8 Å². The third-order valence-corrected chi connectivity index (χ3v) is 5.99. The van der Waals surface area contributed by atoms with Gasteiger partial charge in [-0.15, -0.1) is 10.2 Å². The fourth-order valence-electron chi connectivity index (χ4n) is 3.23. The van der Waals surface area contributed by atoms with Crippen LogP contribution in [-0.2, 0) is 17.0 Å². The van der Waals surface area contributed by atoms with Crippen LogP contribution in [0.3, 0.4) is 0 Å². The standard InChI is InChI=1S/C23H21ClN4O4S/c1-13(2)11-28-21(29)17-9-6-15(22(30)31-3)10-18(17)25-23(28)33-12-19-26-27-20(32-19)14-4-7-16(24)8-5-14/h4-10,13H,11-12H2,1-3H3. The monoisotopic (exact) mass is 484 g/mol. The molecule has 0 saturated carbocycles. The smallest absolute Gasteiger partial charge is 0.337 e. The van der Waals surface area contributed by atoms with Gasteiger partial charge >= 0.3 is 5.97 Å². The summed E-state index contributed by atoms with van der Waals surface area (Å²) >= 11 is 7.25.